The third kappa shape index (κ3) is 3.47. The lowest BCUT2D eigenvalue weighted by atomic mass is 9.64. The predicted molar refractivity (Wildman–Crippen MR) is 116 cm³/mol. The summed E-state index contributed by atoms with van der Waals surface area (Å²) in [5.41, 5.74) is -1.30. The van der Waals surface area contributed by atoms with Gasteiger partial charge < -0.3 is 5.11 Å². The van der Waals surface area contributed by atoms with Gasteiger partial charge in [0.25, 0.3) is 0 Å². The molecule has 1 aliphatic heterocycles. The van der Waals surface area contributed by atoms with E-state index in [1.165, 1.54) is 24.3 Å². The van der Waals surface area contributed by atoms with Crippen molar-refractivity contribution in [2.45, 2.75) is 58.7 Å². The van der Waals surface area contributed by atoms with Crippen LogP contribution in [0.2, 0.25) is 0 Å². The van der Waals surface area contributed by atoms with Gasteiger partial charge >= 0.3 is 0 Å². The fourth-order valence-corrected chi connectivity index (χ4v) is 6.57. The minimum atomic E-state index is -1.40. The number of nitrogens with one attached hydrogen (secondary N) is 1. The number of benzene rings is 2. The molecule has 174 valence electrons. The first kappa shape index (κ1) is 23.2. The molecule has 2 aromatic carbocycles. The van der Waals surface area contributed by atoms with Crippen LogP contribution < -0.4 is 5.32 Å². The van der Waals surface area contributed by atoms with Gasteiger partial charge in [-0.1, -0.05) is 34.6 Å². The van der Waals surface area contributed by atoms with E-state index in [2.05, 4.69) is 33.0 Å². The van der Waals surface area contributed by atoms with E-state index in [4.69, 9.17) is 0 Å². The molecular formula is C26H31F4NO. The molecule has 0 spiro atoms. The van der Waals surface area contributed by atoms with Crippen LogP contribution in [0.25, 0.3) is 0 Å². The number of hydrogen-bond donors (Lipinski definition) is 2. The smallest absolute Gasteiger partial charge is 0.126 e. The normalized spacial score (nSPS) is 39.6. The Balaban J connectivity index is 1.84. The number of halogens is 4. The second-order valence-corrected chi connectivity index (χ2v) is 10.3. The maximum absolute atomic E-state index is 14.1. The zero-order valence-corrected chi connectivity index (χ0v) is 19.1. The minimum Gasteiger partial charge on any atom is -0.375 e. The second kappa shape index (κ2) is 7.84. The molecule has 7 atom stereocenters. The molecule has 2 aromatic rings. The number of hydrogen-bond acceptors (Lipinski definition) is 2. The summed E-state index contributed by atoms with van der Waals surface area (Å²) in [7, 11) is 0. The lowest BCUT2D eigenvalue weighted by molar-refractivity contribution is -0.132. The highest BCUT2D eigenvalue weighted by atomic mass is 19.1. The molecule has 1 saturated carbocycles. The van der Waals surface area contributed by atoms with E-state index < -0.39 is 46.4 Å². The van der Waals surface area contributed by atoms with E-state index in [9.17, 15) is 22.7 Å². The first-order chi connectivity index (χ1) is 14.9. The molecule has 6 heteroatoms. The molecule has 2 fully saturated rings. The van der Waals surface area contributed by atoms with Crippen molar-refractivity contribution >= 4 is 0 Å². The fraction of sp³-hybridized carbons (Fsp3) is 0.538. The molecule has 2 aliphatic rings. The topological polar surface area (TPSA) is 32.3 Å². The standard InChI is InChI=1S/C26H31F4NO/c1-13-14(2)16(4)25(5,15(13)3)26(32)12-23(17-6-19(27)10-20(28)7-17)24(31-26)18-8-21(29)11-22(30)9-18/h6-11,13-16,23-24,31-32H,12H2,1-5H3/t13?,14?,15?,16?,23-,24-,25?,26?/m1/s1. The van der Waals surface area contributed by atoms with Crippen LogP contribution in [0.3, 0.4) is 0 Å². The van der Waals surface area contributed by atoms with Gasteiger partial charge in [-0.25, -0.2) is 17.6 Å². The van der Waals surface area contributed by atoms with Gasteiger partial charge in [0.05, 0.1) is 0 Å². The van der Waals surface area contributed by atoms with E-state index in [0.717, 1.165) is 12.1 Å². The Morgan fingerprint density at radius 3 is 1.59 bits per heavy atom. The number of aliphatic hydroxyl groups is 1. The average molecular weight is 450 g/mol. The molecule has 0 bridgehead atoms. The molecular weight excluding hydrogens is 418 g/mol. The van der Waals surface area contributed by atoms with Gasteiger partial charge in [0.2, 0.25) is 0 Å². The summed E-state index contributed by atoms with van der Waals surface area (Å²) in [6.07, 6.45) is 0.170. The zero-order valence-electron chi connectivity index (χ0n) is 19.1. The van der Waals surface area contributed by atoms with Crippen molar-refractivity contribution in [2.24, 2.45) is 29.1 Å². The van der Waals surface area contributed by atoms with Crippen LogP contribution >= 0.6 is 0 Å². The van der Waals surface area contributed by atoms with Crippen molar-refractivity contribution in [3.05, 3.63) is 70.8 Å². The largest absolute Gasteiger partial charge is 0.375 e. The van der Waals surface area contributed by atoms with Crippen LogP contribution in [0.1, 0.15) is 64.1 Å². The first-order valence-electron chi connectivity index (χ1n) is 11.3. The maximum Gasteiger partial charge on any atom is 0.126 e. The van der Waals surface area contributed by atoms with E-state index in [1.54, 1.807) is 0 Å². The first-order valence-corrected chi connectivity index (χ1v) is 11.3. The van der Waals surface area contributed by atoms with Gasteiger partial charge in [-0.2, -0.15) is 0 Å². The quantitative estimate of drug-likeness (QED) is 0.538. The molecule has 1 aliphatic carbocycles. The molecule has 0 aromatic heterocycles. The number of rotatable bonds is 3. The summed E-state index contributed by atoms with van der Waals surface area (Å²) in [4.78, 5) is 0. The Kier molecular flexibility index (Phi) is 5.70. The summed E-state index contributed by atoms with van der Waals surface area (Å²) in [6, 6.07) is 5.76. The monoisotopic (exact) mass is 449 g/mol. The summed E-state index contributed by atoms with van der Waals surface area (Å²) >= 11 is 0. The van der Waals surface area contributed by atoms with Crippen LogP contribution in [-0.2, 0) is 0 Å². The molecule has 1 saturated heterocycles. The van der Waals surface area contributed by atoms with Gasteiger partial charge in [-0.05, 0) is 65.5 Å². The van der Waals surface area contributed by atoms with Crippen LogP contribution in [0.4, 0.5) is 17.6 Å². The van der Waals surface area contributed by atoms with E-state index in [-0.39, 0.29) is 18.3 Å². The lowest BCUT2D eigenvalue weighted by Crippen LogP contribution is -2.58. The van der Waals surface area contributed by atoms with Crippen molar-refractivity contribution in [1.82, 2.24) is 5.32 Å². The van der Waals surface area contributed by atoms with Crippen molar-refractivity contribution < 1.29 is 22.7 Å². The fourth-order valence-electron chi connectivity index (χ4n) is 6.57. The van der Waals surface area contributed by atoms with Crippen LogP contribution in [0.5, 0.6) is 0 Å². The van der Waals surface area contributed by atoms with E-state index in [1.807, 2.05) is 6.92 Å². The molecule has 5 unspecified atom stereocenters. The summed E-state index contributed by atoms with van der Waals surface area (Å²) in [5, 5.41) is 15.4. The Labute approximate surface area is 187 Å². The van der Waals surface area contributed by atoms with Gasteiger partial charge in [0.15, 0.2) is 0 Å². The third-order valence-electron chi connectivity index (χ3n) is 9.06. The Hall–Kier alpha value is -1.92. The van der Waals surface area contributed by atoms with Crippen LogP contribution in [-0.4, -0.2) is 10.8 Å². The highest BCUT2D eigenvalue weighted by molar-refractivity contribution is 5.34. The SMILES string of the molecule is CC1C(C)C(C)C(C)(C2(O)C[C@H](c3cc(F)cc(F)c3)[C@@H](c3cc(F)cc(F)c3)N2)C1C. The Morgan fingerprint density at radius 2 is 1.16 bits per heavy atom. The highest BCUT2D eigenvalue weighted by Gasteiger charge is 2.64. The zero-order chi connectivity index (χ0) is 23.6. The van der Waals surface area contributed by atoms with Crippen LogP contribution in [0.15, 0.2) is 36.4 Å². The lowest BCUT2D eigenvalue weighted by Gasteiger charge is -2.47. The molecule has 1 heterocycles. The Bertz CT molecular complexity index is 911. The highest BCUT2D eigenvalue weighted by Crippen LogP contribution is 2.62. The average Bonchev–Trinajstić information content (AvgIpc) is 3.14. The molecule has 0 radical (unpaired) electrons. The molecule has 4 rings (SSSR count). The molecule has 0 amide bonds. The maximum atomic E-state index is 14.1. The summed E-state index contributed by atoms with van der Waals surface area (Å²) < 4.78 is 56.4. The Morgan fingerprint density at radius 1 is 0.750 bits per heavy atom. The van der Waals surface area contributed by atoms with Crippen molar-refractivity contribution in [1.29, 1.82) is 0 Å². The van der Waals surface area contributed by atoms with Gasteiger partial charge in [-0.15, -0.1) is 0 Å². The minimum absolute atomic E-state index is 0.151. The van der Waals surface area contributed by atoms with E-state index >= 15 is 0 Å². The van der Waals surface area contributed by atoms with Gasteiger partial charge in [0, 0.05) is 29.5 Å². The molecule has 2 N–H and O–H groups in total. The third-order valence-corrected chi connectivity index (χ3v) is 9.06. The molecule has 32 heavy (non-hydrogen) atoms. The van der Waals surface area contributed by atoms with Crippen molar-refractivity contribution in [3.63, 3.8) is 0 Å². The van der Waals surface area contributed by atoms with Gasteiger partial charge in [-0.3, -0.25) is 5.32 Å². The van der Waals surface area contributed by atoms with Crippen molar-refractivity contribution in [2.75, 3.05) is 0 Å². The van der Waals surface area contributed by atoms with Crippen LogP contribution in [0, 0.1) is 52.4 Å². The summed E-state index contributed by atoms with van der Waals surface area (Å²) in [5.74, 6) is -2.49. The summed E-state index contributed by atoms with van der Waals surface area (Å²) in [6.45, 7) is 10.6. The van der Waals surface area contributed by atoms with Crippen molar-refractivity contribution in [3.8, 4) is 0 Å². The predicted octanol–water partition coefficient (Wildman–Crippen LogP) is 6.31. The van der Waals surface area contributed by atoms with Gasteiger partial charge in [0.1, 0.15) is 29.0 Å². The molecule has 2 nitrogen and oxygen atoms in total. The van der Waals surface area contributed by atoms with E-state index in [0.29, 0.717) is 23.0 Å². The second-order valence-electron chi connectivity index (χ2n) is 10.3.